The van der Waals surface area contributed by atoms with Crippen molar-refractivity contribution in [1.82, 2.24) is 4.98 Å². The van der Waals surface area contributed by atoms with Crippen molar-refractivity contribution in [3.05, 3.63) is 17.8 Å². The quantitative estimate of drug-likeness (QED) is 0.582. The molecule has 0 spiro atoms. The van der Waals surface area contributed by atoms with Crippen LogP contribution in [0.3, 0.4) is 0 Å². The average molecular weight is 237 g/mol. The molecule has 0 radical (unpaired) electrons. The lowest BCUT2D eigenvalue weighted by Gasteiger charge is -2.07. The molecule has 0 aliphatic heterocycles. The molecular weight excluding hydrogens is 218 g/mol. The van der Waals surface area contributed by atoms with Crippen molar-refractivity contribution >= 4 is 17.5 Å². The highest BCUT2D eigenvalue weighted by Gasteiger charge is 2.01. The Hall–Kier alpha value is -1.78. The Kier molecular flexibility index (Phi) is 5.26. The Morgan fingerprint density at radius 2 is 2.35 bits per heavy atom. The number of pyridine rings is 1. The Morgan fingerprint density at radius 3 is 3.00 bits per heavy atom. The Bertz CT molecular complexity index is 380. The molecule has 3 N–H and O–H groups in total. The molecule has 1 aromatic rings. The lowest BCUT2D eigenvalue weighted by atomic mass is 10.2. The molecular formula is C12H19N3O2. The first-order valence-corrected chi connectivity index (χ1v) is 5.75. The second kappa shape index (κ2) is 6.73. The number of aryl methyl sites for hydroxylation is 1. The zero-order chi connectivity index (χ0) is 12.7. The minimum atomic E-state index is -0.161. The zero-order valence-electron chi connectivity index (χ0n) is 10.3. The molecule has 5 nitrogen and oxygen atoms in total. The second-order valence-electron chi connectivity index (χ2n) is 3.76. The number of hydrogen-bond acceptors (Lipinski definition) is 5. The number of aromatic nitrogens is 1. The summed E-state index contributed by atoms with van der Waals surface area (Å²) in [6.07, 6.45) is 2.86. The van der Waals surface area contributed by atoms with Crippen molar-refractivity contribution in [2.75, 3.05) is 24.2 Å². The van der Waals surface area contributed by atoms with Crippen LogP contribution >= 0.6 is 0 Å². The van der Waals surface area contributed by atoms with Crippen molar-refractivity contribution in [2.45, 2.75) is 26.7 Å². The summed E-state index contributed by atoms with van der Waals surface area (Å²) in [5, 5.41) is 3.11. The predicted octanol–water partition coefficient (Wildman–Crippen LogP) is 1.73. The van der Waals surface area contributed by atoms with Crippen LogP contribution in [-0.2, 0) is 9.53 Å². The molecule has 0 bridgehead atoms. The van der Waals surface area contributed by atoms with Gasteiger partial charge < -0.3 is 15.8 Å². The summed E-state index contributed by atoms with van der Waals surface area (Å²) in [6, 6.07) is 1.79. The molecule has 0 aliphatic carbocycles. The van der Waals surface area contributed by atoms with Gasteiger partial charge in [-0.1, -0.05) is 0 Å². The zero-order valence-corrected chi connectivity index (χ0v) is 10.3. The molecule has 0 aromatic carbocycles. The Labute approximate surface area is 101 Å². The van der Waals surface area contributed by atoms with Gasteiger partial charge in [-0.05, 0) is 25.8 Å². The van der Waals surface area contributed by atoms with Crippen molar-refractivity contribution in [3.8, 4) is 0 Å². The fraction of sp³-hybridized carbons (Fsp3) is 0.500. The summed E-state index contributed by atoms with van der Waals surface area (Å²) in [5.41, 5.74) is 7.43. The van der Waals surface area contributed by atoms with Crippen LogP contribution < -0.4 is 11.1 Å². The smallest absolute Gasteiger partial charge is 0.305 e. The number of carbonyl (C=O) groups is 1. The van der Waals surface area contributed by atoms with Crippen LogP contribution in [0.25, 0.3) is 0 Å². The fourth-order valence-corrected chi connectivity index (χ4v) is 1.32. The summed E-state index contributed by atoms with van der Waals surface area (Å²) in [7, 11) is 0. The maximum atomic E-state index is 11.1. The van der Waals surface area contributed by atoms with E-state index in [-0.39, 0.29) is 5.97 Å². The van der Waals surface area contributed by atoms with Gasteiger partial charge >= 0.3 is 5.97 Å². The van der Waals surface area contributed by atoms with Crippen LogP contribution in [0.1, 0.15) is 25.3 Å². The van der Waals surface area contributed by atoms with E-state index in [2.05, 4.69) is 10.3 Å². The molecule has 94 valence electrons. The van der Waals surface area contributed by atoms with Crippen LogP contribution in [0.4, 0.5) is 11.5 Å². The number of rotatable bonds is 6. The summed E-state index contributed by atoms with van der Waals surface area (Å²) in [5.74, 6) is 0.572. The molecule has 0 saturated heterocycles. The van der Waals surface area contributed by atoms with E-state index >= 15 is 0 Å². The van der Waals surface area contributed by atoms with Crippen molar-refractivity contribution in [1.29, 1.82) is 0 Å². The molecule has 0 unspecified atom stereocenters. The third-order valence-corrected chi connectivity index (χ3v) is 2.31. The van der Waals surface area contributed by atoms with E-state index in [1.165, 1.54) is 0 Å². The van der Waals surface area contributed by atoms with E-state index in [9.17, 15) is 4.79 Å². The maximum absolute atomic E-state index is 11.1. The lowest BCUT2D eigenvalue weighted by Crippen LogP contribution is -2.09. The van der Waals surface area contributed by atoms with E-state index in [1.807, 2.05) is 6.92 Å². The minimum absolute atomic E-state index is 0.161. The monoisotopic (exact) mass is 237 g/mol. The van der Waals surface area contributed by atoms with Crippen LogP contribution in [0.5, 0.6) is 0 Å². The number of esters is 1. The van der Waals surface area contributed by atoms with Crippen molar-refractivity contribution in [2.24, 2.45) is 0 Å². The topological polar surface area (TPSA) is 77.2 Å². The van der Waals surface area contributed by atoms with Gasteiger partial charge in [0, 0.05) is 30.9 Å². The number of hydrogen-bond donors (Lipinski definition) is 2. The number of nitrogens with two attached hydrogens (primary N) is 1. The minimum Gasteiger partial charge on any atom is -0.466 e. The first-order valence-electron chi connectivity index (χ1n) is 5.75. The van der Waals surface area contributed by atoms with Gasteiger partial charge in [0.15, 0.2) is 0 Å². The molecule has 1 rings (SSSR count). The third kappa shape index (κ3) is 4.72. The first-order chi connectivity index (χ1) is 8.13. The van der Waals surface area contributed by atoms with Gasteiger partial charge in [-0.2, -0.15) is 0 Å². The molecule has 0 fully saturated rings. The van der Waals surface area contributed by atoms with Gasteiger partial charge in [-0.25, -0.2) is 4.98 Å². The highest BCUT2D eigenvalue weighted by Crippen LogP contribution is 2.13. The van der Waals surface area contributed by atoms with Crippen LogP contribution in [0.15, 0.2) is 12.3 Å². The van der Waals surface area contributed by atoms with Crippen molar-refractivity contribution in [3.63, 3.8) is 0 Å². The number of ether oxygens (including phenoxy) is 1. The molecule has 1 aromatic heterocycles. The van der Waals surface area contributed by atoms with E-state index in [0.29, 0.717) is 31.7 Å². The average Bonchev–Trinajstić information content (AvgIpc) is 2.29. The van der Waals surface area contributed by atoms with Crippen molar-refractivity contribution < 1.29 is 9.53 Å². The Balaban J connectivity index is 2.26. The van der Waals surface area contributed by atoms with Crippen LogP contribution in [0.2, 0.25) is 0 Å². The predicted molar refractivity (Wildman–Crippen MR) is 67.7 cm³/mol. The number of nitrogens with zero attached hydrogens (tertiary/aromatic N) is 1. The van der Waals surface area contributed by atoms with Gasteiger partial charge in [-0.3, -0.25) is 4.79 Å². The molecule has 0 saturated carbocycles. The SMILES string of the molecule is CCOC(=O)CCCNc1cc(N)c(C)cn1. The summed E-state index contributed by atoms with van der Waals surface area (Å²) in [6.45, 7) is 4.82. The van der Waals surface area contributed by atoms with E-state index in [1.54, 1.807) is 19.2 Å². The lowest BCUT2D eigenvalue weighted by molar-refractivity contribution is -0.143. The number of nitrogens with one attached hydrogen (secondary N) is 1. The standard InChI is InChI=1S/C12H19N3O2/c1-3-17-12(16)5-4-6-14-11-7-10(13)9(2)8-15-11/h7-8H,3-6H2,1-2H3,(H3,13,14,15). The van der Waals surface area contributed by atoms with Gasteiger partial charge in [0.2, 0.25) is 0 Å². The maximum Gasteiger partial charge on any atom is 0.305 e. The third-order valence-electron chi connectivity index (χ3n) is 2.31. The fourth-order valence-electron chi connectivity index (χ4n) is 1.32. The van der Waals surface area contributed by atoms with Crippen LogP contribution in [-0.4, -0.2) is 24.1 Å². The van der Waals surface area contributed by atoms with Crippen LogP contribution in [0, 0.1) is 6.92 Å². The summed E-state index contributed by atoms with van der Waals surface area (Å²) < 4.78 is 4.83. The number of carbonyl (C=O) groups excluding carboxylic acids is 1. The molecule has 17 heavy (non-hydrogen) atoms. The normalized spacial score (nSPS) is 10.0. The van der Waals surface area contributed by atoms with Gasteiger partial charge in [0.25, 0.3) is 0 Å². The highest BCUT2D eigenvalue weighted by atomic mass is 16.5. The summed E-state index contributed by atoms with van der Waals surface area (Å²) >= 11 is 0. The molecule has 0 atom stereocenters. The summed E-state index contributed by atoms with van der Waals surface area (Å²) in [4.78, 5) is 15.3. The highest BCUT2D eigenvalue weighted by molar-refractivity contribution is 5.69. The van der Waals surface area contributed by atoms with E-state index in [0.717, 1.165) is 11.4 Å². The molecule has 5 heteroatoms. The number of nitrogen functional groups attached to an aromatic ring is 1. The van der Waals surface area contributed by atoms with Gasteiger partial charge in [-0.15, -0.1) is 0 Å². The van der Waals surface area contributed by atoms with Gasteiger partial charge in [0.05, 0.1) is 6.61 Å². The van der Waals surface area contributed by atoms with E-state index < -0.39 is 0 Å². The largest absolute Gasteiger partial charge is 0.466 e. The first kappa shape index (κ1) is 13.3. The second-order valence-corrected chi connectivity index (χ2v) is 3.76. The molecule has 0 aliphatic rings. The molecule has 0 amide bonds. The Morgan fingerprint density at radius 1 is 1.59 bits per heavy atom. The van der Waals surface area contributed by atoms with E-state index in [4.69, 9.17) is 10.5 Å². The molecule has 1 heterocycles. The van der Waals surface area contributed by atoms with Gasteiger partial charge in [0.1, 0.15) is 5.82 Å². The number of anilines is 2.